The van der Waals surface area contributed by atoms with Gasteiger partial charge in [-0.15, -0.1) is 0 Å². The van der Waals surface area contributed by atoms with E-state index in [0.29, 0.717) is 0 Å². The molecule has 100 valence electrons. The third-order valence-electron chi connectivity index (χ3n) is 3.86. The highest BCUT2D eigenvalue weighted by Crippen LogP contribution is 2.24. The van der Waals surface area contributed by atoms with E-state index in [1.165, 1.54) is 25.9 Å². The molecule has 0 radical (unpaired) electrons. The van der Waals surface area contributed by atoms with Gasteiger partial charge in [-0.2, -0.15) is 0 Å². The van der Waals surface area contributed by atoms with Crippen LogP contribution >= 0.6 is 15.9 Å². The van der Waals surface area contributed by atoms with Crippen LogP contribution in [0.3, 0.4) is 0 Å². The van der Waals surface area contributed by atoms with Crippen molar-refractivity contribution in [3.05, 3.63) is 34.4 Å². The highest BCUT2D eigenvalue weighted by Gasteiger charge is 2.13. The first-order valence-electron chi connectivity index (χ1n) is 6.74. The quantitative estimate of drug-likeness (QED) is 0.807. The minimum atomic E-state index is 0.776. The van der Waals surface area contributed by atoms with Crippen molar-refractivity contribution in [1.29, 1.82) is 0 Å². The molecule has 0 spiro atoms. The Kier molecular flexibility index (Phi) is 3.71. The zero-order valence-corrected chi connectivity index (χ0v) is 12.4. The zero-order chi connectivity index (χ0) is 13.2. The van der Waals surface area contributed by atoms with Crippen molar-refractivity contribution in [2.45, 2.75) is 19.4 Å². The number of hydrogen-bond acceptors (Lipinski definition) is 2. The monoisotopic (exact) mass is 320 g/mol. The Labute approximate surface area is 121 Å². The Hall–Kier alpha value is -1.13. The van der Waals surface area contributed by atoms with Crippen molar-refractivity contribution in [2.75, 3.05) is 19.6 Å². The highest BCUT2D eigenvalue weighted by molar-refractivity contribution is 9.10. The lowest BCUT2D eigenvalue weighted by Gasteiger charge is -2.15. The number of rotatable bonds is 4. The maximum atomic E-state index is 11.2. The van der Waals surface area contributed by atoms with E-state index in [2.05, 4.69) is 31.5 Å². The SMILES string of the molecule is O=Cc1cn(CCN2CCCC2)c2ccc(Br)cc12. The summed E-state index contributed by atoms with van der Waals surface area (Å²) in [4.78, 5) is 13.7. The maximum Gasteiger partial charge on any atom is 0.152 e. The van der Waals surface area contributed by atoms with Gasteiger partial charge in [0.1, 0.15) is 0 Å². The number of likely N-dealkylation sites (tertiary alicyclic amines) is 1. The minimum absolute atomic E-state index is 0.776. The topological polar surface area (TPSA) is 25.2 Å². The summed E-state index contributed by atoms with van der Waals surface area (Å²) in [5.74, 6) is 0. The number of nitrogens with zero attached hydrogens (tertiary/aromatic N) is 2. The van der Waals surface area contributed by atoms with Crippen LogP contribution in [-0.4, -0.2) is 35.4 Å². The lowest BCUT2D eigenvalue weighted by Crippen LogP contribution is -2.23. The van der Waals surface area contributed by atoms with E-state index in [-0.39, 0.29) is 0 Å². The molecular formula is C15H17BrN2O. The molecule has 2 aromatic rings. The molecule has 0 atom stereocenters. The third-order valence-corrected chi connectivity index (χ3v) is 4.35. The van der Waals surface area contributed by atoms with Crippen LogP contribution in [0, 0.1) is 0 Å². The fraction of sp³-hybridized carbons (Fsp3) is 0.400. The number of hydrogen-bond donors (Lipinski definition) is 0. The van der Waals surface area contributed by atoms with Crippen LogP contribution in [0.15, 0.2) is 28.9 Å². The van der Waals surface area contributed by atoms with Crippen molar-refractivity contribution in [3.63, 3.8) is 0 Å². The first-order valence-corrected chi connectivity index (χ1v) is 7.53. The number of fused-ring (bicyclic) bond motifs is 1. The van der Waals surface area contributed by atoms with Crippen LogP contribution in [0.2, 0.25) is 0 Å². The van der Waals surface area contributed by atoms with Crippen LogP contribution in [0.1, 0.15) is 23.2 Å². The molecular weight excluding hydrogens is 304 g/mol. The standard InChI is InChI=1S/C15H17BrN2O/c16-13-3-4-15-14(9-13)12(11-19)10-18(15)8-7-17-5-1-2-6-17/h3-4,9-11H,1-2,5-8H2. The summed E-state index contributed by atoms with van der Waals surface area (Å²) in [6.07, 6.45) is 5.55. The molecule has 2 heterocycles. The Morgan fingerprint density at radius 3 is 2.74 bits per heavy atom. The van der Waals surface area contributed by atoms with Crippen molar-refractivity contribution in [1.82, 2.24) is 9.47 Å². The lowest BCUT2D eigenvalue weighted by atomic mass is 10.2. The first-order chi connectivity index (χ1) is 9.28. The minimum Gasteiger partial charge on any atom is -0.345 e. The van der Waals surface area contributed by atoms with Crippen LogP contribution < -0.4 is 0 Å². The Morgan fingerprint density at radius 2 is 2.00 bits per heavy atom. The van der Waals surface area contributed by atoms with Gasteiger partial charge in [-0.05, 0) is 44.1 Å². The van der Waals surface area contributed by atoms with Gasteiger partial charge < -0.3 is 9.47 Å². The van der Waals surface area contributed by atoms with Crippen molar-refractivity contribution >= 4 is 33.1 Å². The molecule has 1 aromatic heterocycles. The summed E-state index contributed by atoms with van der Waals surface area (Å²) in [7, 11) is 0. The molecule has 1 saturated heterocycles. The molecule has 1 aliphatic heterocycles. The summed E-state index contributed by atoms with van der Waals surface area (Å²) in [5.41, 5.74) is 1.92. The van der Waals surface area contributed by atoms with Gasteiger partial charge in [-0.3, -0.25) is 4.79 Å². The number of carbonyl (C=O) groups is 1. The molecule has 3 nitrogen and oxygen atoms in total. The van der Waals surface area contributed by atoms with Gasteiger partial charge in [0, 0.05) is 40.2 Å². The second kappa shape index (κ2) is 5.47. The van der Waals surface area contributed by atoms with Crippen LogP contribution in [0.5, 0.6) is 0 Å². The zero-order valence-electron chi connectivity index (χ0n) is 10.8. The molecule has 1 fully saturated rings. The Bertz CT molecular complexity index is 599. The Balaban J connectivity index is 1.87. The summed E-state index contributed by atoms with van der Waals surface area (Å²) < 4.78 is 3.21. The molecule has 0 N–H and O–H groups in total. The normalized spacial score (nSPS) is 16.3. The van der Waals surface area contributed by atoms with Crippen molar-refractivity contribution in [3.8, 4) is 0 Å². The third kappa shape index (κ3) is 2.60. The molecule has 0 unspecified atom stereocenters. The highest BCUT2D eigenvalue weighted by atomic mass is 79.9. The Morgan fingerprint density at radius 1 is 1.21 bits per heavy atom. The fourth-order valence-electron chi connectivity index (χ4n) is 2.83. The van der Waals surface area contributed by atoms with Gasteiger partial charge in [0.2, 0.25) is 0 Å². The smallest absolute Gasteiger partial charge is 0.152 e. The van der Waals surface area contributed by atoms with E-state index in [1.54, 1.807) is 0 Å². The fourth-order valence-corrected chi connectivity index (χ4v) is 3.19. The lowest BCUT2D eigenvalue weighted by molar-refractivity contribution is 0.112. The van der Waals surface area contributed by atoms with Gasteiger partial charge in [-0.1, -0.05) is 15.9 Å². The molecule has 1 aliphatic rings. The van der Waals surface area contributed by atoms with E-state index in [9.17, 15) is 4.79 Å². The van der Waals surface area contributed by atoms with Gasteiger partial charge in [-0.25, -0.2) is 0 Å². The summed E-state index contributed by atoms with van der Waals surface area (Å²) in [5, 5.41) is 1.03. The number of benzene rings is 1. The van der Waals surface area contributed by atoms with Crippen LogP contribution in [-0.2, 0) is 6.54 Å². The van der Waals surface area contributed by atoms with E-state index < -0.39 is 0 Å². The van der Waals surface area contributed by atoms with E-state index in [0.717, 1.165) is 40.3 Å². The maximum absolute atomic E-state index is 11.2. The first kappa shape index (κ1) is 12.9. The second-order valence-electron chi connectivity index (χ2n) is 5.11. The van der Waals surface area contributed by atoms with Crippen LogP contribution in [0.25, 0.3) is 10.9 Å². The van der Waals surface area contributed by atoms with E-state index in [1.807, 2.05) is 18.3 Å². The van der Waals surface area contributed by atoms with Crippen molar-refractivity contribution < 1.29 is 4.79 Å². The van der Waals surface area contributed by atoms with Gasteiger partial charge in [0.25, 0.3) is 0 Å². The molecule has 4 heteroatoms. The predicted molar refractivity (Wildman–Crippen MR) is 80.7 cm³/mol. The van der Waals surface area contributed by atoms with Gasteiger partial charge in [0.05, 0.1) is 0 Å². The summed E-state index contributed by atoms with van der Waals surface area (Å²) >= 11 is 3.46. The number of carbonyl (C=O) groups excluding carboxylic acids is 1. The molecule has 0 saturated carbocycles. The molecule has 0 bridgehead atoms. The number of halogens is 1. The molecule has 19 heavy (non-hydrogen) atoms. The molecule has 0 amide bonds. The van der Waals surface area contributed by atoms with Crippen LogP contribution in [0.4, 0.5) is 0 Å². The van der Waals surface area contributed by atoms with Gasteiger partial charge in [0.15, 0.2) is 6.29 Å². The average Bonchev–Trinajstić information content (AvgIpc) is 3.03. The summed E-state index contributed by atoms with van der Waals surface area (Å²) in [6.45, 7) is 4.45. The largest absolute Gasteiger partial charge is 0.345 e. The molecule has 0 aliphatic carbocycles. The molecule has 1 aromatic carbocycles. The number of aromatic nitrogens is 1. The predicted octanol–water partition coefficient (Wildman–Crippen LogP) is 3.31. The van der Waals surface area contributed by atoms with E-state index >= 15 is 0 Å². The van der Waals surface area contributed by atoms with Crippen molar-refractivity contribution in [2.24, 2.45) is 0 Å². The number of aldehydes is 1. The summed E-state index contributed by atoms with van der Waals surface area (Å²) in [6, 6.07) is 6.13. The van der Waals surface area contributed by atoms with Gasteiger partial charge >= 0.3 is 0 Å². The van der Waals surface area contributed by atoms with E-state index in [4.69, 9.17) is 0 Å². The average molecular weight is 321 g/mol. The molecule has 3 rings (SSSR count). The second-order valence-corrected chi connectivity index (χ2v) is 6.02.